The molecule has 2 heterocycles. The molecule has 7 heteroatoms. The number of nitrogens with one attached hydrogen (secondary N) is 1. The van der Waals surface area contributed by atoms with Crippen LogP contribution in [0.3, 0.4) is 0 Å². The maximum Gasteiger partial charge on any atom is 0.309 e. The Morgan fingerprint density at radius 3 is 2.74 bits per heavy atom. The van der Waals surface area contributed by atoms with E-state index in [0.29, 0.717) is 25.0 Å². The average Bonchev–Trinajstić information content (AvgIpc) is 3.17. The van der Waals surface area contributed by atoms with Gasteiger partial charge >= 0.3 is 5.97 Å². The van der Waals surface area contributed by atoms with E-state index >= 15 is 0 Å². The van der Waals surface area contributed by atoms with E-state index < -0.39 is 0 Å². The van der Waals surface area contributed by atoms with Crippen LogP contribution in [0, 0.1) is 5.92 Å². The van der Waals surface area contributed by atoms with Crippen molar-refractivity contribution in [3.8, 4) is 0 Å². The monoisotopic (exact) mass is 426 g/mol. The topological polar surface area (TPSA) is 89.3 Å². The zero-order valence-electron chi connectivity index (χ0n) is 18.6. The van der Waals surface area contributed by atoms with Crippen LogP contribution in [0.5, 0.6) is 0 Å². The van der Waals surface area contributed by atoms with Crippen LogP contribution < -0.4 is 5.32 Å². The van der Waals surface area contributed by atoms with Gasteiger partial charge < -0.3 is 19.7 Å². The largest absolute Gasteiger partial charge is 0.466 e. The smallest absolute Gasteiger partial charge is 0.309 e. The van der Waals surface area contributed by atoms with E-state index in [-0.39, 0.29) is 18.0 Å². The zero-order chi connectivity index (χ0) is 21.8. The minimum absolute atomic E-state index is 0.0435. The van der Waals surface area contributed by atoms with Gasteiger partial charge in [0.25, 0.3) is 0 Å². The second-order valence-electron chi connectivity index (χ2n) is 8.72. The number of hydrogen-bond acceptors (Lipinski definition) is 6. The Balaban J connectivity index is 1.66. The Labute approximate surface area is 183 Å². The molecule has 4 rings (SSSR count). The highest BCUT2D eigenvalue weighted by molar-refractivity contribution is 5.91. The lowest BCUT2D eigenvalue weighted by molar-refractivity contribution is -0.148. The SMILES string of the molecule is CCCNc1ncc2c(C3=CCC(C(=O)OCC)CC3)cn(C3CCC(O)CC3)c2n1. The standard InChI is InChI=1S/C24H34N4O3/c1-3-13-25-24-26-14-20-21(16-5-7-17(8-6-16)23(30)31-4-2)15-28(22(20)27-24)18-9-11-19(29)12-10-18/h5,14-15,17-19,29H,3-4,6-13H2,1-2H3,(H,25,26,27). The summed E-state index contributed by atoms with van der Waals surface area (Å²) in [6, 6.07) is 0.338. The normalized spacial score (nSPS) is 24.1. The van der Waals surface area contributed by atoms with E-state index in [1.807, 2.05) is 13.1 Å². The molecule has 31 heavy (non-hydrogen) atoms. The van der Waals surface area contributed by atoms with Crippen LogP contribution >= 0.6 is 0 Å². The number of nitrogens with zero attached hydrogens (tertiary/aromatic N) is 3. The van der Waals surface area contributed by atoms with Crippen LogP contribution in [0.15, 0.2) is 18.5 Å². The molecule has 2 aromatic rings. The predicted octanol–water partition coefficient (Wildman–Crippen LogP) is 4.48. The first-order valence-electron chi connectivity index (χ1n) is 11.8. The first kappa shape index (κ1) is 21.8. The molecular formula is C24H34N4O3. The minimum atomic E-state index is -0.185. The van der Waals surface area contributed by atoms with Crippen LogP contribution in [0.25, 0.3) is 16.6 Å². The molecule has 2 N–H and O–H groups in total. The molecule has 2 aliphatic carbocycles. The molecule has 0 bridgehead atoms. The highest BCUT2D eigenvalue weighted by Gasteiger charge is 2.27. The number of fused-ring (bicyclic) bond motifs is 1. The van der Waals surface area contributed by atoms with Crippen molar-refractivity contribution in [1.82, 2.24) is 14.5 Å². The molecule has 1 unspecified atom stereocenters. The van der Waals surface area contributed by atoms with E-state index in [1.54, 1.807) is 0 Å². The fourth-order valence-corrected chi connectivity index (χ4v) is 4.77. The number of rotatable bonds is 7. The third kappa shape index (κ3) is 4.76. The number of hydrogen-bond donors (Lipinski definition) is 2. The number of allylic oxidation sites excluding steroid dienone is 2. The summed E-state index contributed by atoms with van der Waals surface area (Å²) in [6.07, 6.45) is 13.1. The van der Waals surface area contributed by atoms with Crippen molar-refractivity contribution in [2.45, 2.75) is 77.4 Å². The van der Waals surface area contributed by atoms with Gasteiger partial charge in [-0.25, -0.2) is 4.98 Å². The predicted molar refractivity (Wildman–Crippen MR) is 122 cm³/mol. The summed E-state index contributed by atoms with van der Waals surface area (Å²) in [5.74, 6) is 0.532. The highest BCUT2D eigenvalue weighted by Crippen LogP contribution is 2.38. The fourth-order valence-electron chi connectivity index (χ4n) is 4.77. The van der Waals surface area contributed by atoms with Gasteiger partial charge in [0, 0.05) is 35.9 Å². The molecule has 1 atom stereocenters. The minimum Gasteiger partial charge on any atom is -0.466 e. The maximum atomic E-state index is 12.1. The van der Waals surface area contributed by atoms with Gasteiger partial charge in [0.05, 0.1) is 18.6 Å². The van der Waals surface area contributed by atoms with Crippen LogP contribution in [-0.4, -0.2) is 44.9 Å². The zero-order valence-corrected chi connectivity index (χ0v) is 18.6. The summed E-state index contributed by atoms with van der Waals surface area (Å²) in [5.41, 5.74) is 3.39. The number of aromatic nitrogens is 3. The van der Waals surface area contributed by atoms with Crippen LogP contribution in [0.1, 0.15) is 76.8 Å². The molecular weight excluding hydrogens is 392 g/mol. The summed E-state index contributed by atoms with van der Waals surface area (Å²) >= 11 is 0. The molecule has 0 aromatic carbocycles. The van der Waals surface area contributed by atoms with E-state index in [2.05, 4.69) is 34.1 Å². The van der Waals surface area contributed by atoms with Crippen molar-refractivity contribution in [3.63, 3.8) is 0 Å². The lowest BCUT2D eigenvalue weighted by Gasteiger charge is -2.27. The van der Waals surface area contributed by atoms with Gasteiger partial charge in [0.1, 0.15) is 5.65 Å². The van der Waals surface area contributed by atoms with E-state index in [0.717, 1.165) is 62.5 Å². The van der Waals surface area contributed by atoms with Crippen LogP contribution in [0.2, 0.25) is 0 Å². The molecule has 0 aliphatic heterocycles. The van der Waals surface area contributed by atoms with Crippen molar-refractivity contribution in [1.29, 1.82) is 0 Å². The number of carbonyl (C=O) groups excluding carboxylic acids is 1. The van der Waals surface area contributed by atoms with Gasteiger partial charge in [-0.15, -0.1) is 0 Å². The Morgan fingerprint density at radius 2 is 2.06 bits per heavy atom. The first-order chi connectivity index (χ1) is 15.1. The quantitative estimate of drug-likeness (QED) is 0.635. The molecule has 2 aliphatic rings. The summed E-state index contributed by atoms with van der Waals surface area (Å²) < 4.78 is 7.51. The highest BCUT2D eigenvalue weighted by atomic mass is 16.5. The Kier molecular flexibility index (Phi) is 6.90. The van der Waals surface area contributed by atoms with E-state index in [1.165, 1.54) is 11.1 Å². The number of aliphatic hydroxyl groups excluding tert-OH is 1. The van der Waals surface area contributed by atoms with Gasteiger partial charge in [-0.05, 0) is 63.9 Å². The molecule has 2 aromatic heterocycles. The van der Waals surface area contributed by atoms with Crippen molar-refractivity contribution in [2.24, 2.45) is 5.92 Å². The molecule has 7 nitrogen and oxygen atoms in total. The summed E-state index contributed by atoms with van der Waals surface area (Å²) in [5, 5.41) is 14.3. The number of ether oxygens (including phenoxy) is 1. The molecule has 168 valence electrons. The Bertz CT molecular complexity index is 944. The molecule has 1 fully saturated rings. The first-order valence-corrected chi connectivity index (χ1v) is 11.8. The van der Waals surface area contributed by atoms with Crippen LogP contribution in [-0.2, 0) is 9.53 Å². The molecule has 0 radical (unpaired) electrons. The second-order valence-corrected chi connectivity index (χ2v) is 8.72. The maximum absolute atomic E-state index is 12.1. The number of aliphatic hydroxyl groups is 1. The lowest BCUT2D eigenvalue weighted by Crippen LogP contribution is -2.21. The van der Waals surface area contributed by atoms with Crippen molar-refractivity contribution in [2.75, 3.05) is 18.5 Å². The Morgan fingerprint density at radius 1 is 1.26 bits per heavy atom. The number of carbonyl (C=O) groups is 1. The lowest BCUT2D eigenvalue weighted by atomic mass is 9.87. The van der Waals surface area contributed by atoms with Gasteiger partial charge in [0.2, 0.25) is 5.95 Å². The van der Waals surface area contributed by atoms with Gasteiger partial charge in [0.15, 0.2) is 0 Å². The molecule has 1 saturated carbocycles. The fraction of sp³-hybridized carbons (Fsp3) is 0.625. The number of esters is 1. The third-order valence-electron chi connectivity index (χ3n) is 6.54. The van der Waals surface area contributed by atoms with Crippen molar-refractivity contribution >= 4 is 28.5 Å². The second kappa shape index (κ2) is 9.81. The van der Waals surface area contributed by atoms with Gasteiger partial charge in [-0.3, -0.25) is 4.79 Å². The van der Waals surface area contributed by atoms with Gasteiger partial charge in [-0.1, -0.05) is 13.0 Å². The summed E-state index contributed by atoms with van der Waals surface area (Å²) in [7, 11) is 0. The Hall–Kier alpha value is -2.41. The average molecular weight is 427 g/mol. The molecule has 0 saturated heterocycles. The van der Waals surface area contributed by atoms with Crippen molar-refractivity contribution < 1.29 is 14.6 Å². The summed E-state index contributed by atoms with van der Waals surface area (Å²) in [6.45, 7) is 5.25. The van der Waals surface area contributed by atoms with E-state index in [9.17, 15) is 9.90 Å². The molecule has 0 spiro atoms. The molecule has 0 amide bonds. The van der Waals surface area contributed by atoms with Gasteiger partial charge in [-0.2, -0.15) is 4.98 Å². The summed E-state index contributed by atoms with van der Waals surface area (Å²) in [4.78, 5) is 21.5. The van der Waals surface area contributed by atoms with Crippen LogP contribution in [0.4, 0.5) is 5.95 Å². The number of anilines is 1. The van der Waals surface area contributed by atoms with Crippen molar-refractivity contribution in [3.05, 3.63) is 24.0 Å². The third-order valence-corrected chi connectivity index (χ3v) is 6.54. The van der Waals surface area contributed by atoms with E-state index in [4.69, 9.17) is 9.72 Å².